The summed E-state index contributed by atoms with van der Waals surface area (Å²) in [5.74, 6) is 1.81. The van der Waals surface area contributed by atoms with Crippen LogP contribution in [0.4, 0.5) is 0 Å². The first-order chi connectivity index (χ1) is 14.8. The van der Waals surface area contributed by atoms with Gasteiger partial charge in [0, 0.05) is 37.6 Å². The van der Waals surface area contributed by atoms with Crippen molar-refractivity contribution in [3.8, 4) is 0 Å². The van der Waals surface area contributed by atoms with Gasteiger partial charge in [0.15, 0.2) is 5.96 Å². The Hall–Kier alpha value is -0.420. The SMILES string of the molecule is CCNC(=NCC(c1cccs1)N1CCOCC1)NCCCCN1CCCC(C)C1.I. The third-order valence-corrected chi connectivity index (χ3v) is 7.03. The number of nitrogens with one attached hydrogen (secondary N) is 2. The molecule has 0 bridgehead atoms. The van der Waals surface area contributed by atoms with Crippen LogP contribution >= 0.6 is 35.3 Å². The number of aliphatic imine (C=N–C) groups is 1. The minimum atomic E-state index is 0. The molecular weight excluding hydrogens is 521 g/mol. The number of unbranched alkanes of at least 4 members (excludes halogenated alkanes) is 1. The monoisotopic (exact) mass is 563 g/mol. The fraction of sp³-hybridized carbons (Fsp3) is 0.783. The lowest BCUT2D eigenvalue weighted by Gasteiger charge is -2.33. The molecular formula is C23H42IN5OS. The Labute approximate surface area is 210 Å². The van der Waals surface area contributed by atoms with Crippen LogP contribution in [0.5, 0.6) is 0 Å². The molecule has 8 heteroatoms. The number of morpholine rings is 1. The summed E-state index contributed by atoms with van der Waals surface area (Å²) in [7, 11) is 0. The second-order valence-electron chi connectivity index (χ2n) is 8.58. The smallest absolute Gasteiger partial charge is 0.191 e. The Kier molecular flexibility index (Phi) is 13.3. The summed E-state index contributed by atoms with van der Waals surface area (Å²) in [5, 5.41) is 9.14. The van der Waals surface area contributed by atoms with Gasteiger partial charge in [0.25, 0.3) is 0 Å². The number of likely N-dealkylation sites (tertiary alicyclic amines) is 1. The van der Waals surface area contributed by atoms with Gasteiger partial charge in [-0.3, -0.25) is 9.89 Å². The lowest BCUT2D eigenvalue weighted by Crippen LogP contribution is -2.42. The Morgan fingerprint density at radius 3 is 2.81 bits per heavy atom. The largest absolute Gasteiger partial charge is 0.379 e. The molecule has 0 aliphatic carbocycles. The standard InChI is InChI=1S/C23H41N5OS.HI/c1-3-24-23(25-10-4-5-11-27-12-6-8-20(2)19-27)26-18-21(22-9-7-17-30-22)28-13-15-29-16-14-28;/h7,9,17,20-21H,3-6,8,10-16,18-19H2,1-2H3,(H2,24,25,26);1H. The molecule has 6 nitrogen and oxygen atoms in total. The van der Waals surface area contributed by atoms with Crippen LogP contribution < -0.4 is 10.6 Å². The molecule has 1 aromatic heterocycles. The first-order valence-electron chi connectivity index (χ1n) is 11.9. The highest BCUT2D eigenvalue weighted by molar-refractivity contribution is 14.0. The molecule has 2 N–H and O–H groups in total. The molecule has 2 saturated heterocycles. The average molecular weight is 564 g/mol. The van der Waals surface area contributed by atoms with Crippen LogP contribution in [0.3, 0.4) is 0 Å². The zero-order valence-corrected chi connectivity index (χ0v) is 22.5. The van der Waals surface area contributed by atoms with Gasteiger partial charge in [-0.1, -0.05) is 13.0 Å². The van der Waals surface area contributed by atoms with E-state index in [-0.39, 0.29) is 24.0 Å². The number of guanidine groups is 1. The zero-order chi connectivity index (χ0) is 21.0. The zero-order valence-electron chi connectivity index (χ0n) is 19.4. The quantitative estimate of drug-likeness (QED) is 0.196. The minimum absolute atomic E-state index is 0. The highest BCUT2D eigenvalue weighted by atomic mass is 127. The maximum absolute atomic E-state index is 5.55. The van der Waals surface area contributed by atoms with Gasteiger partial charge < -0.3 is 20.3 Å². The number of piperidine rings is 1. The molecule has 178 valence electrons. The van der Waals surface area contributed by atoms with Crippen LogP contribution in [-0.4, -0.2) is 81.3 Å². The normalized spacial score (nSPS) is 22.0. The number of ether oxygens (including phenoxy) is 1. The van der Waals surface area contributed by atoms with Crippen molar-refractivity contribution in [3.63, 3.8) is 0 Å². The molecule has 3 heterocycles. The predicted octanol–water partition coefficient (Wildman–Crippen LogP) is 3.81. The van der Waals surface area contributed by atoms with E-state index < -0.39 is 0 Å². The Morgan fingerprint density at radius 2 is 2.10 bits per heavy atom. The number of rotatable bonds is 10. The summed E-state index contributed by atoms with van der Waals surface area (Å²) < 4.78 is 5.55. The van der Waals surface area contributed by atoms with E-state index >= 15 is 0 Å². The second kappa shape index (κ2) is 15.4. The number of nitrogens with zero attached hydrogens (tertiary/aromatic N) is 3. The van der Waals surface area contributed by atoms with Crippen molar-refractivity contribution in [3.05, 3.63) is 22.4 Å². The molecule has 3 rings (SSSR count). The summed E-state index contributed by atoms with van der Waals surface area (Å²) >= 11 is 1.83. The van der Waals surface area contributed by atoms with Gasteiger partial charge in [-0.25, -0.2) is 0 Å². The highest BCUT2D eigenvalue weighted by Crippen LogP contribution is 2.26. The van der Waals surface area contributed by atoms with E-state index in [2.05, 4.69) is 51.8 Å². The number of thiophene rings is 1. The topological polar surface area (TPSA) is 52.1 Å². The van der Waals surface area contributed by atoms with E-state index in [1.165, 1.54) is 50.2 Å². The maximum atomic E-state index is 5.55. The van der Waals surface area contributed by atoms with Crippen molar-refractivity contribution >= 4 is 41.3 Å². The molecule has 31 heavy (non-hydrogen) atoms. The molecule has 0 radical (unpaired) electrons. The average Bonchev–Trinajstić information content (AvgIpc) is 3.29. The van der Waals surface area contributed by atoms with Gasteiger partial charge in [0.05, 0.1) is 25.8 Å². The lowest BCUT2D eigenvalue weighted by atomic mass is 10.0. The highest BCUT2D eigenvalue weighted by Gasteiger charge is 2.23. The molecule has 2 aliphatic heterocycles. The number of halogens is 1. The van der Waals surface area contributed by atoms with Crippen LogP contribution in [0.2, 0.25) is 0 Å². The van der Waals surface area contributed by atoms with Crippen LogP contribution in [0, 0.1) is 5.92 Å². The van der Waals surface area contributed by atoms with Crippen LogP contribution in [0.1, 0.15) is 50.4 Å². The molecule has 0 aromatic carbocycles. The van der Waals surface area contributed by atoms with Crippen LogP contribution in [-0.2, 0) is 4.74 Å². The molecule has 1 aromatic rings. The Bertz CT molecular complexity index is 609. The van der Waals surface area contributed by atoms with Gasteiger partial charge in [-0.2, -0.15) is 0 Å². The maximum Gasteiger partial charge on any atom is 0.191 e. The van der Waals surface area contributed by atoms with Gasteiger partial charge in [0.2, 0.25) is 0 Å². The van der Waals surface area contributed by atoms with Crippen molar-refractivity contribution in [1.29, 1.82) is 0 Å². The Balaban J connectivity index is 0.00000341. The molecule has 2 fully saturated rings. The molecule has 0 saturated carbocycles. The third-order valence-electron chi connectivity index (χ3n) is 6.06. The third kappa shape index (κ3) is 9.53. The van der Waals surface area contributed by atoms with Gasteiger partial charge in [0.1, 0.15) is 0 Å². The fourth-order valence-corrected chi connectivity index (χ4v) is 5.28. The van der Waals surface area contributed by atoms with Crippen molar-refractivity contribution in [2.75, 3.05) is 65.6 Å². The predicted molar refractivity (Wildman–Crippen MR) is 143 cm³/mol. The van der Waals surface area contributed by atoms with E-state index in [9.17, 15) is 0 Å². The minimum Gasteiger partial charge on any atom is -0.379 e. The lowest BCUT2D eigenvalue weighted by molar-refractivity contribution is 0.0186. The van der Waals surface area contributed by atoms with Gasteiger partial charge >= 0.3 is 0 Å². The first kappa shape index (κ1) is 26.8. The van der Waals surface area contributed by atoms with Crippen molar-refractivity contribution in [2.24, 2.45) is 10.9 Å². The van der Waals surface area contributed by atoms with E-state index in [0.29, 0.717) is 6.04 Å². The first-order valence-corrected chi connectivity index (χ1v) is 12.7. The van der Waals surface area contributed by atoms with E-state index in [0.717, 1.165) is 57.8 Å². The summed E-state index contributed by atoms with van der Waals surface area (Å²) in [5.41, 5.74) is 0. The summed E-state index contributed by atoms with van der Waals surface area (Å²) in [6.45, 7) is 14.6. The number of hydrogen-bond acceptors (Lipinski definition) is 5. The van der Waals surface area contributed by atoms with Gasteiger partial charge in [-0.05, 0) is 63.1 Å². The molecule has 0 amide bonds. The summed E-state index contributed by atoms with van der Waals surface area (Å²) in [4.78, 5) is 11.5. The van der Waals surface area contributed by atoms with Crippen LogP contribution in [0.25, 0.3) is 0 Å². The van der Waals surface area contributed by atoms with E-state index in [1.807, 2.05) is 11.3 Å². The number of hydrogen-bond donors (Lipinski definition) is 2. The molecule has 2 aliphatic rings. The second-order valence-corrected chi connectivity index (χ2v) is 9.56. The van der Waals surface area contributed by atoms with Crippen molar-refractivity contribution < 1.29 is 4.74 Å². The fourth-order valence-electron chi connectivity index (χ4n) is 4.43. The molecule has 2 unspecified atom stereocenters. The summed E-state index contributed by atoms with van der Waals surface area (Å²) in [6.07, 6.45) is 5.21. The summed E-state index contributed by atoms with van der Waals surface area (Å²) in [6, 6.07) is 4.72. The molecule has 0 spiro atoms. The van der Waals surface area contributed by atoms with Crippen molar-refractivity contribution in [1.82, 2.24) is 20.4 Å². The van der Waals surface area contributed by atoms with Crippen molar-refractivity contribution in [2.45, 2.75) is 45.6 Å². The molecule has 2 atom stereocenters. The van der Waals surface area contributed by atoms with Crippen LogP contribution in [0.15, 0.2) is 22.5 Å². The van der Waals surface area contributed by atoms with E-state index in [4.69, 9.17) is 9.73 Å². The Morgan fingerprint density at radius 1 is 1.26 bits per heavy atom. The van der Waals surface area contributed by atoms with Gasteiger partial charge in [-0.15, -0.1) is 35.3 Å². The van der Waals surface area contributed by atoms with E-state index in [1.54, 1.807) is 0 Å².